The van der Waals surface area contributed by atoms with E-state index >= 15 is 0 Å². The number of benzene rings is 2. The zero-order valence-electron chi connectivity index (χ0n) is 16.7. The van der Waals surface area contributed by atoms with Crippen molar-refractivity contribution in [1.82, 2.24) is 4.90 Å². The lowest BCUT2D eigenvalue weighted by Gasteiger charge is -2.42. The Morgan fingerprint density at radius 2 is 1.83 bits per heavy atom. The van der Waals surface area contributed by atoms with Crippen LogP contribution in [-0.4, -0.2) is 55.4 Å². The molecule has 2 aliphatic rings. The van der Waals surface area contributed by atoms with E-state index in [0.29, 0.717) is 24.6 Å². The van der Waals surface area contributed by atoms with Crippen LogP contribution in [0, 0.1) is 0 Å². The third kappa shape index (κ3) is 3.80. The Hall–Kier alpha value is -2.99. The normalized spacial score (nSPS) is 17.8. The van der Waals surface area contributed by atoms with E-state index in [0.717, 1.165) is 35.3 Å². The van der Waals surface area contributed by atoms with Gasteiger partial charge in [-0.05, 0) is 35.4 Å². The van der Waals surface area contributed by atoms with Crippen molar-refractivity contribution >= 4 is 11.5 Å². The fourth-order valence-electron chi connectivity index (χ4n) is 4.14. The molecular weight excluding hydrogens is 370 g/mol. The minimum atomic E-state index is -0.794. The monoisotopic (exact) mass is 395 g/mol. The number of aliphatic carboxylic acids is 1. The molecule has 4 rings (SSSR count). The first-order valence-corrected chi connectivity index (χ1v) is 9.71. The van der Waals surface area contributed by atoms with Crippen LogP contribution in [0.25, 0.3) is 5.57 Å². The Morgan fingerprint density at radius 1 is 1.10 bits per heavy atom. The highest BCUT2D eigenvalue weighted by molar-refractivity contribution is 5.85. The number of nitrogens with zero attached hydrogens (tertiary/aromatic N) is 1. The molecule has 2 aromatic carbocycles. The van der Waals surface area contributed by atoms with Gasteiger partial charge in [0.2, 0.25) is 0 Å². The van der Waals surface area contributed by atoms with Gasteiger partial charge in [0.25, 0.3) is 0 Å². The molecule has 0 unspecified atom stereocenters. The third-order valence-corrected chi connectivity index (χ3v) is 5.65. The summed E-state index contributed by atoms with van der Waals surface area (Å²) < 4.78 is 17.3. The molecule has 2 heterocycles. The molecule has 6 nitrogen and oxygen atoms in total. The van der Waals surface area contributed by atoms with Crippen LogP contribution in [0.4, 0.5) is 0 Å². The number of rotatable bonds is 5. The lowest BCUT2D eigenvalue weighted by molar-refractivity contribution is -0.139. The van der Waals surface area contributed by atoms with Gasteiger partial charge in [0.05, 0.1) is 20.8 Å². The average molecular weight is 395 g/mol. The smallest absolute Gasteiger partial charge is 0.317 e. The predicted molar refractivity (Wildman–Crippen MR) is 110 cm³/mol. The van der Waals surface area contributed by atoms with Crippen molar-refractivity contribution in [3.63, 3.8) is 0 Å². The maximum absolute atomic E-state index is 11.0. The van der Waals surface area contributed by atoms with E-state index in [4.69, 9.17) is 19.3 Å². The first-order valence-electron chi connectivity index (χ1n) is 9.71. The number of hydrogen-bond donors (Lipinski definition) is 1. The molecule has 0 bridgehead atoms. The van der Waals surface area contributed by atoms with Crippen molar-refractivity contribution in [2.45, 2.75) is 18.4 Å². The topological polar surface area (TPSA) is 68.2 Å². The van der Waals surface area contributed by atoms with Gasteiger partial charge < -0.3 is 19.3 Å². The molecule has 1 N–H and O–H groups in total. The standard InChI is InChI=1S/C23H25NO5/c1-27-20-8-7-16(13-21(20)28-2)18-14-23(29-19-6-4-3-5-17(18)19)9-11-24(12-10-23)15-22(25)26/h3-8,13-14H,9-12,15H2,1-2H3,(H,25,26). The maximum Gasteiger partial charge on any atom is 0.317 e. The van der Waals surface area contributed by atoms with Gasteiger partial charge in [-0.1, -0.05) is 24.3 Å². The van der Waals surface area contributed by atoms with Crippen LogP contribution in [0.15, 0.2) is 48.5 Å². The zero-order chi connectivity index (χ0) is 20.4. The van der Waals surface area contributed by atoms with E-state index in [1.807, 2.05) is 41.3 Å². The highest BCUT2D eigenvalue weighted by Gasteiger charge is 2.39. The van der Waals surface area contributed by atoms with Crippen molar-refractivity contribution in [3.05, 3.63) is 59.7 Å². The first kappa shape index (κ1) is 19.3. The number of carbonyl (C=O) groups is 1. The summed E-state index contributed by atoms with van der Waals surface area (Å²) in [6.45, 7) is 1.44. The summed E-state index contributed by atoms with van der Waals surface area (Å²) in [5.74, 6) is 1.43. The fourth-order valence-corrected chi connectivity index (χ4v) is 4.14. The molecular formula is C23H25NO5. The van der Waals surface area contributed by atoms with Crippen molar-refractivity contribution < 1.29 is 24.1 Å². The van der Waals surface area contributed by atoms with Gasteiger partial charge in [-0.25, -0.2) is 0 Å². The molecule has 2 aromatic rings. The first-order chi connectivity index (χ1) is 14.0. The molecule has 0 atom stereocenters. The number of carboxylic acid groups (broad SMARTS) is 1. The molecule has 1 saturated heterocycles. The second kappa shape index (κ2) is 7.79. The Bertz CT molecular complexity index is 944. The average Bonchev–Trinajstić information content (AvgIpc) is 2.74. The summed E-state index contributed by atoms with van der Waals surface area (Å²) in [4.78, 5) is 13.0. The fraction of sp³-hybridized carbons (Fsp3) is 0.348. The van der Waals surface area contributed by atoms with Crippen LogP contribution in [0.5, 0.6) is 17.2 Å². The van der Waals surface area contributed by atoms with Crippen LogP contribution in [0.1, 0.15) is 24.0 Å². The highest BCUT2D eigenvalue weighted by atomic mass is 16.5. The molecule has 0 aromatic heterocycles. The molecule has 1 spiro atoms. The van der Waals surface area contributed by atoms with E-state index in [1.54, 1.807) is 14.2 Å². The summed E-state index contributed by atoms with van der Waals surface area (Å²) >= 11 is 0. The van der Waals surface area contributed by atoms with Crippen LogP contribution in [0.3, 0.4) is 0 Å². The summed E-state index contributed by atoms with van der Waals surface area (Å²) in [7, 11) is 3.26. The number of fused-ring (bicyclic) bond motifs is 1. The molecule has 1 fully saturated rings. The van der Waals surface area contributed by atoms with Gasteiger partial charge >= 0.3 is 5.97 Å². The van der Waals surface area contributed by atoms with Gasteiger partial charge in [-0.15, -0.1) is 0 Å². The Labute approximate surface area is 170 Å². The summed E-state index contributed by atoms with van der Waals surface area (Å²) in [6, 6.07) is 14.0. The van der Waals surface area contributed by atoms with Crippen LogP contribution in [-0.2, 0) is 4.79 Å². The van der Waals surface area contributed by atoms with E-state index in [1.165, 1.54) is 0 Å². The van der Waals surface area contributed by atoms with E-state index in [-0.39, 0.29) is 6.54 Å². The SMILES string of the molecule is COc1ccc(C2=CC3(CCN(CC(=O)O)CC3)Oc3ccccc32)cc1OC. The minimum Gasteiger partial charge on any atom is -0.493 e. The Balaban J connectivity index is 1.72. The molecule has 6 heteroatoms. The Kier molecular flexibility index (Phi) is 5.20. The number of hydrogen-bond acceptors (Lipinski definition) is 5. The van der Waals surface area contributed by atoms with E-state index in [9.17, 15) is 4.79 Å². The van der Waals surface area contributed by atoms with Crippen molar-refractivity contribution in [2.75, 3.05) is 33.9 Å². The number of para-hydroxylation sites is 1. The second-order valence-corrected chi connectivity index (χ2v) is 7.46. The van der Waals surface area contributed by atoms with Crippen LogP contribution < -0.4 is 14.2 Å². The van der Waals surface area contributed by atoms with E-state index < -0.39 is 11.6 Å². The lowest BCUT2D eigenvalue weighted by atomic mass is 9.83. The van der Waals surface area contributed by atoms with Crippen LogP contribution >= 0.6 is 0 Å². The third-order valence-electron chi connectivity index (χ3n) is 5.65. The number of likely N-dealkylation sites (tertiary alicyclic amines) is 1. The molecule has 0 amide bonds. The molecule has 0 aliphatic carbocycles. The molecule has 2 aliphatic heterocycles. The zero-order valence-corrected chi connectivity index (χ0v) is 16.7. The number of methoxy groups -OCH3 is 2. The summed E-state index contributed by atoms with van der Waals surface area (Å²) in [5, 5.41) is 9.07. The van der Waals surface area contributed by atoms with Gasteiger partial charge in [0.1, 0.15) is 11.4 Å². The van der Waals surface area contributed by atoms with Crippen molar-refractivity contribution in [2.24, 2.45) is 0 Å². The van der Waals surface area contributed by atoms with Crippen LogP contribution in [0.2, 0.25) is 0 Å². The van der Waals surface area contributed by atoms with Gasteiger partial charge in [-0.3, -0.25) is 9.69 Å². The quantitative estimate of drug-likeness (QED) is 0.836. The van der Waals surface area contributed by atoms with E-state index in [2.05, 4.69) is 12.1 Å². The van der Waals surface area contributed by atoms with Gasteiger partial charge in [0.15, 0.2) is 11.5 Å². The Morgan fingerprint density at radius 3 is 2.52 bits per heavy atom. The lowest BCUT2D eigenvalue weighted by Crippen LogP contribution is -2.49. The molecule has 29 heavy (non-hydrogen) atoms. The van der Waals surface area contributed by atoms with Crippen molar-refractivity contribution in [1.29, 1.82) is 0 Å². The molecule has 0 saturated carbocycles. The van der Waals surface area contributed by atoms with Gasteiger partial charge in [0, 0.05) is 31.5 Å². The molecule has 0 radical (unpaired) electrons. The predicted octanol–water partition coefficient (Wildman–Crippen LogP) is 3.45. The second-order valence-electron chi connectivity index (χ2n) is 7.46. The minimum absolute atomic E-state index is 0.0684. The molecule has 152 valence electrons. The summed E-state index contributed by atoms with van der Waals surface area (Å²) in [5.41, 5.74) is 2.73. The number of carboxylic acids is 1. The highest BCUT2D eigenvalue weighted by Crippen LogP contribution is 2.44. The van der Waals surface area contributed by atoms with Gasteiger partial charge in [-0.2, -0.15) is 0 Å². The summed E-state index contributed by atoms with van der Waals surface area (Å²) in [6.07, 6.45) is 3.69. The van der Waals surface area contributed by atoms with Crippen molar-refractivity contribution in [3.8, 4) is 17.2 Å². The number of ether oxygens (including phenoxy) is 3. The number of piperidine rings is 1. The largest absolute Gasteiger partial charge is 0.493 e. The maximum atomic E-state index is 11.0.